The lowest BCUT2D eigenvalue weighted by molar-refractivity contribution is 0.592. The first-order valence-corrected chi connectivity index (χ1v) is 9.25. The Morgan fingerprint density at radius 2 is 1.52 bits per heavy atom. The summed E-state index contributed by atoms with van der Waals surface area (Å²) in [7, 11) is -3.74. The van der Waals surface area contributed by atoms with Gasteiger partial charge in [-0.15, -0.1) is 0 Å². The van der Waals surface area contributed by atoms with Crippen molar-refractivity contribution >= 4 is 39.1 Å². The van der Waals surface area contributed by atoms with E-state index in [1.54, 1.807) is 24.3 Å². The molecule has 7 heteroatoms. The van der Waals surface area contributed by atoms with Crippen LogP contribution >= 0.6 is 23.2 Å². The van der Waals surface area contributed by atoms with Crippen LogP contribution in [0.4, 0.5) is 0 Å². The van der Waals surface area contributed by atoms with Crippen molar-refractivity contribution in [2.75, 3.05) is 6.54 Å². The first-order valence-electron chi connectivity index (χ1n) is 7.01. The van der Waals surface area contributed by atoms with E-state index in [-0.39, 0.29) is 4.90 Å². The summed E-state index contributed by atoms with van der Waals surface area (Å²) in [6.07, 6.45) is 0.805. The van der Waals surface area contributed by atoms with Crippen molar-refractivity contribution in [2.24, 2.45) is 4.99 Å². The summed E-state index contributed by atoms with van der Waals surface area (Å²) in [6, 6.07) is 12.8. The van der Waals surface area contributed by atoms with Crippen LogP contribution in [-0.4, -0.2) is 20.8 Å². The van der Waals surface area contributed by atoms with Crippen LogP contribution in [0.5, 0.6) is 0 Å². The van der Waals surface area contributed by atoms with Crippen molar-refractivity contribution in [3.63, 3.8) is 0 Å². The third-order valence-electron chi connectivity index (χ3n) is 2.97. The van der Waals surface area contributed by atoms with E-state index in [1.165, 1.54) is 24.3 Å². The fraction of sp³-hybridized carbons (Fsp3) is 0.188. The average Bonchev–Trinajstić information content (AvgIpc) is 2.52. The lowest BCUT2D eigenvalue weighted by Crippen LogP contribution is -2.31. The Balaban J connectivity index is 2.33. The number of hydrogen-bond donors (Lipinski definition) is 1. The highest BCUT2D eigenvalue weighted by molar-refractivity contribution is 7.90. The van der Waals surface area contributed by atoms with Gasteiger partial charge in [0.25, 0.3) is 10.0 Å². The normalized spacial score (nSPS) is 12.2. The predicted molar refractivity (Wildman–Crippen MR) is 94.9 cm³/mol. The highest BCUT2D eigenvalue weighted by Crippen LogP contribution is 2.15. The van der Waals surface area contributed by atoms with E-state index in [2.05, 4.69) is 9.71 Å². The first-order chi connectivity index (χ1) is 10.9. The molecule has 0 amide bonds. The maximum Gasteiger partial charge on any atom is 0.263 e. The molecule has 0 aromatic heterocycles. The number of halogens is 2. The number of benzene rings is 2. The Morgan fingerprint density at radius 1 is 1.00 bits per heavy atom. The maximum absolute atomic E-state index is 12.5. The Bertz CT molecular complexity index is 786. The van der Waals surface area contributed by atoms with Crippen molar-refractivity contribution in [3.8, 4) is 0 Å². The van der Waals surface area contributed by atoms with Crippen LogP contribution in [0, 0.1) is 0 Å². The van der Waals surface area contributed by atoms with Crippen LogP contribution in [0.1, 0.15) is 18.9 Å². The standard InChI is InChI=1S/C16H16Cl2N2O2S/c1-2-11-19-16(12-3-5-13(17)6-4-12)20-23(21,22)15-9-7-14(18)8-10-15/h3-10H,2,11H2,1H3,(H,19,20). The summed E-state index contributed by atoms with van der Waals surface area (Å²) in [5.74, 6) is 0.290. The molecule has 0 saturated heterocycles. The summed E-state index contributed by atoms with van der Waals surface area (Å²) in [6.45, 7) is 2.48. The molecule has 0 unspecified atom stereocenters. The number of amidine groups is 1. The molecule has 1 N–H and O–H groups in total. The maximum atomic E-state index is 12.5. The van der Waals surface area contributed by atoms with E-state index < -0.39 is 10.0 Å². The zero-order chi connectivity index (χ0) is 16.9. The molecule has 2 aromatic carbocycles. The van der Waals surface area contributed by atoms with Crippen LogP contribution in [0.25, 0.3) is 0 Å². The molecule has 2 rings (SSSR count). The van der Waals surface area contributed by atoms with E-state index in [0.717, 1.165) is 6.42 Å². The minimum absolute atomic E-state index is 0.125. The van der Waals surface area contributed by atoms with Crippen LogP contribution < -0.4 is 4.72 Å². The molecular weight excluding hydrogens is 355 g/mol. The van der Waals surface area contributed by atoms with Crippen LogP contribution in [0.15, 0.2) is 58.4 Å². The Hall–Kier alpha value is -1.56. The number of sulfonamides is 1. The topological polar surface area (TPSA) is 58.5 Å². The van der Waals surface area contributed by atoms with Gasteiger partial charge in [-0.1, -0.05) is 30.1 Å². The molecule has 0 aliphatic rings. The molecule has 23 heavy (non-hydrogen) atoms. The average molecular weight is 371 g/mol. The predicted octanol–water partition coefficient (Wildman–Crippen LogP) is 4.13. The Kier molecular flexibility index (Phi) is 6.04. The largest absolute Gasteiger partial charge is 0.267 e. The molecule has 4 nitrogen and oxygen atoms in total. The highest BCUT2D eigenvalue weighted by atomic mass is 35.5. The van der Waals surface area contributed by atoms with Crippen molar-refractivity contribution < 1.29 is 8.42 Å². The fourth-order valence-electron chi connectivity index (χ4n) is 1.81. The summed E-state index contributed by atoms with van der Waals surface area (Å²) >= 11 is 11.7. The third kappa shape index (κ3) is 4.96. The highest BCUT2D eigenvalue weighted by Gasteiger charge is 2.17. The van der Waals surface area contributed by atoms with Gasteiger partial charge >= 0.3 is 0 Å². The zero-order valence-corrected chi connectivity index (χ0v) is 14.8. The zero-order valence-electron chi connectivity index (χ0n) is 12.5. The van der Waals surface area contributed by atoms with Gasteiger partial charge in [0.1, 0.15) is 5.84 Å². The minimum atomic E-state index is -3.74. The van der Waals surface area contributed by atoms with Gasteiger partial charge in [0, 0.05) is 22.2 Å². The Morgan fingerprint density at radius 3 is 2.04 bits per heavy atom. The molecule has 0 saturated carbocycles. The van der Waals surface area contributed by atoms with E-state index >= 15 is 0 Å². The van der Waals surface area contributed by atoms with Crippen LogP contribution in [0.3, 0.4) is 0 Å². The first kappa shape index (κ1) is 17.8. The molecule has 0 bridgehead atoms. The second-order valence-electron chi connectivity index (χ2n) is 4.80. The van der Waals surface area contributed by atoms with Crippen LogP contribution in [0.2, 0.25) is 10.0 Å². The molecule has 0 fully saturated rings. The molecule has 2 aromatic rings. The smallest absolute Gasteiger partial charge is 0.263 e. The summed E-state index contributed by atoms with van der Waals surface area (Å²) in [5.41, 5.74) is 0.653. The third-order valence-corrected chi connectivity index (χ3v) is 4.82. The van der Waals surface area contributed by atoms with E-state index in [4.69, 9.17) is 23.2 Å². The van der Waals surface area contributed by atoms with E-state index in [0.29, 0.717) is 28.0 Å². The van der Waals surface area contributed by atoms with Gasteiger partial charge in [0.05, 0.1) is 4.90 Å². The number of rotatable bonds is 5. The summed E-state index contributed by atoms with van der Waals surface area (Å²) in [4.78, 5) is 4.45. The fourth-order valence-corrected chi connectivity index (χ4v) is 3.11. The lowest BCUT2D eigenvalue weighted by atomic mass is 10.2. The quantitative estimate of drug-likeness (QED) is 0.635. The number of nitrogens with zero attached hydrogens (tertiary/aromatic N) is 1. The van der Waals surface area contributed by atoms with Crippen LogP contribution in [-0.2, 0) is 10.0 Å². The van der Waals surface area contributed by atoms with Gasteiger partial charge in [0.2, 0.25) is 0 Å². The number of hydrogen-bond acceptors (Lipinski definition) is 3. The monoisotopic (exact) mass is 370 g/mol. The lowest BCUT2D eigenvalue weighted by Gasteiger charge is -2.11. The van der Waals surface area contributed by atoms with Crippen molar-refractivity contribution in [1.82, 2.24) is 4.72 Å². The minimum Gasteiger partial charge on any atom is -0.267 e. The van der Waals surface area contributed by atoms with E-state index in [1.807, 2.05) is 6.92 Å². The Labute approximate surface area is 146 Å². The molecule has 0 radical (unpaired) electrons. The van der Waals surface area contributed by atoms with Gasteiger partial charge in [-0.2, -0.15) is 0 Å². The van der Waals surface area contributed by atoms with Gasteiger partial charge in [-0.3, -0.25) is 9.71 Å². The molecule has 0 heterocycles. The summed E-state index contributed by atoms with van der Waals surface area (Å²) < 4.78 is 27.5. The van der Waals surface area contributed by atoms with Gasteiger partial charge in [-0.25, -0.2) is 8.42 Å². The van der Waals surface area contributed by atoms with E-state index in [9.17, 15) is 8.42 Å². The van der Waals surface area contributed by atoms with Gasteiger partial charge in [-0.05, 0) is 55.0 Å². The molecular formula is C16H16Cl2N2O2S. The number of nitrogens with one attached hydrogen (secondary N) is 1. The number of aliphatic imine (C=N–C) groups is 1. The molecule has 0 aliphatic carbocycles. The van der Waals surface area contributed by atoms with Crippen molar-refractivity contribution in [3.05, 3.63) is 64.1 Å². The van der Waals surface area contributed by atoms with Crippen molar-refractivity contribution in [2.45, 2.75) is 18.2 Å². The summed E-state index contributed by atoms with van der Waals surface area (Å²) in [5, 5.41) is 1.05. The second-order valence-corrected chi connectivity index (χ2v) is 7.35. The SMILES string of the molecule is CCCN=C(NS(=O)(=O)c1ccc(Cl)cc1)c1ccc(Cl)cc1. The molecule has 0 aliphatic heterocycles. The molecule has 122 valence electrons. The van der Waals surface area contributed by atoms with Gasteiger partial charge in [0.15, 0.2) is 0 Å². The van der Waals surface area contributed by atoms with Crippen molar-refractivity contribution in [1.29, 1.82) is 0 Å². The molecule has 0 atom stereocenters. The second kappa shape index (κ2) is 7.81. The molecule has 0 spiro atoms. The van der Waals surface area contributed by atoms with Gasteiger partial charge < -0.3 is 0 Å².